The third-order valence-electron chi connectivity index (χ3n) is 2.73. The van der Waals surface area contributed by atoms with Gasteiger partial charge in [-0.05, 0) is 33.1 Å². The molecule has 0 radical (unpaired) electrons. The van der Waals surface area contributed by atoms with Crippen LogP contribution in [0.5, 0.6) is 0 Å². The van der Waals surface area contributed by atoms with Crippen LogP contribution in [0.1, 0.15) is 31.5 Å². The minimum absolute atomic E-state index is 0.0891. The zero-order valence-corrected chi connectivity index (χ0v) is 9.25. The lowest BCUT2D eigenvalue weighted by molar-refractivity contribution is 0.234. The summed E-state index contributed by atoms with van der Waals surface area (Å²) < 4.78 is 0. The number of aliphatic hydroxyl groups is 1. The van der Waals surface area contributed by atoms with Gasteiger partial charge < -0.3 is 10.4 Å². The number of anilines is 1. The number of fused-ring (bicyclic) bond motifs is 1. The standard InChI is InChI=1S/C11H17N3O/c1-11(2,6-15)14-10-8-4-3-5-9(8)12-7-13-10/h7,15H,3-6H2,1-2H3,(H,12,13,14). The van der Waals surface area contributed by atoms with Crippen molar-refractivity contribution in [3.8, 4) is 0 Å². The number of rotatable bonds is 3. The molecule has 1 aliphatic rings. The summed E-state index contributed by atoms with van der Waals surface area (Å²) in [4.78, 5) is 8.51. The van der Waals surface area contributed by atoms with Crippen LogP contribution in [0.2, 0.25) is 0 Å². The fourth-order valence-electron chi connectivity index (χ4n) is 1.83. The second kappa shape index (κ2) is 3.77. The van der Waals surface area contributed by atoms with Crippen LogP contribution in [0.25, 0.3) is 0 Å². The molecule has 0 spiro atoms. The molecule has 2 rings (SSSR count). The Balaban J connectivity index is 2.26. The molecule has 4 nitrogen and oxygen atoms in total. The van der Waals surface area contributed by atoms with Crippen LogP contribution in [-0.2, 0) is 12.8 Å². The molecule has 82 valence electrons. The fraction of sp³-hybridized carbons (Fsp3) is 0.636. The molecule has 0 saturated heterocycles. The summed E-state index contributed by atoms with van der Waals surface area (Å²) in [5.74, 6) is 0.886. The topological polar surface area (TPSA) is 58.0 Å². The van der Waals surface area contributed by atoms with Crippen molar-refractivity contribution in [1.82, 2.24) is 9.97 Å². The highest BCUT2D eigenvalue weighted by atomic mass is 16.3. The molecule has 2 N–H and O–H groups in total. The van der Waals surface area contributed by atoms with Gasteiger partial charge in [-0.25, -0.2) is 9.97 Å². The van der Waals surface area contributed by atoms with Gasteiger partial charge in [-0.15, -0.1) is 0 Å². The zero-order chi connectivity index (χ0) is 10.9. The van der Waals surface area contributed by atoms with Crippen LogP contribution in [0, 0.1) is 0 Å². The van der Waals surface area contributed by atoms with E-state index in [-0.39, 0.29) is 12.1 Å². The van der Waals surface area contributed by atoms with E-state index in [1.54, 1.807) is 6.33 Å². The van der Waals surface area contributed by atoms with Crippen molar-refractivity contribution in [2.45, 2.75) is 38.6 Å². The number of nitrogens with one attached hydrogen (secondary N) is 1. The maximum atomic E-state index is 9.20. The Labute approximate surface area is 89.8 Å². The average Bonchev–Trinajstić information content (AvgIpc) is 2.66. The summed E-state index contributed by atoms with van der Waals surface area (Å²) in [5.41, 5.74) is 2.05. The second-order valence-corrected chi connectivity index (χ2v) is 4.67. The van der Waals surface area contributed by atoms with E-state index in [1.807, 2.05) is 13.8 Å². The number of aliphatic hydroxyl groups excluding tert-OH is 1. The van der Waals surface area contributed by atoms with Crippen molar-refractivity contribution in [1.29, 1.82) is 0 Å². The molecule has 1 heterocycles. The minimum Gasteiger partial charge on any atom is -0.394 e. The van der Waals surface area contributed by atoms with Gasteiger partial charge in [0.25, 0.3) is 0 Å². The Bertz CT molecular complexity index is 363. The summed E-state index contributed by atoms with van der Waals surface area (Å²) in [7, 11) is 0. The van der Waals surface area contributed by atoms with E-state index < -0.39 is 0 Å². The summed E-state index contributed by atoms with van der Waals surface area (Å²) in [6.45, 7) is 4.00. The molecule has 1 aromatic rings. The lowest BCUT2D eigenvalue weighted by atomic mass is 10.1. The molecule has 0 amide bonds. The third kappa shape index (κ3) is 2.09. The summed E-state index contributed by atoms with van der Waals surface area (Å²) in [5, 5.41) is 12.5. The molecule has 1 aromatic heterocycles. The van der Waals surface area contributed by atoms with Crippen LogP contribution in [0.15, 0.2) is 6.33 Å². The quantitative estimate of drug-likeness (QED) is 0.780. The first-order chi connectivity index (χ1) is 7.12. The van der Waals surface area contributed by atoms with Gasteiger partial charge in [0.1, 0.15) is 12.1 Å². The predicted molar refractivity (Wildman–Crippen MR) is 58.8 cm³/mol. The molecular formula is C11H17N3O. The van der Waals surface area contributed by atoms with Crippen molar-refractivity contribution >= 4 is 5.82 Å². The van der Waals surface area contributed by atoms with Crippen molar-refractivity contribution in [2.75, 3.05) is 11.9 Å². The lowest BCUT2D eigenvalue weighted by Crippen LogP contribution is -2.35. The number of hydrogen-bond acceptors (Lipinski definition) is 4. The van der Waals surface area contributed by atoms with Gasteiger partial charge in [0.05, 0.1) is 12.1 Å². The van der Waals surface area contributed by atoms with Gasteiger partial charge in [-0.1, -0.05) is 0 Å². The molecule has 0 aliphatic heterocycles. The van der Waals surface area contributed by atoms with E-state index in [1.165, 1.54) is 5.56 Å². The Hall–Kier alpha value is -1.16. The minimum atomic E-state index is -0.329. The largest absolute Gasteiger partial charge is 0.394 e. The molecule has 0 aromatic carbocycles. The Morgan fingerprint density at radius 1 is 1.40 bits per heavy atom. The van der Waals surface area contributed by atoms with E-state index in [0.29, 0.717) is 0 Å². The molecule has 0 bridgehead atoms. The maximum Gasteiger partial charge on any atom is 0.133 e. The van der Waals surface area contributed by atoms with Gasteiger partial charge in [-0.3, -0.25) is 0 Å². The van der Waals surface area contributed by atoms with E-state index >= 15 is 0 Å². The average molecular weight is 207 g/mol. The highest BCUT2D eigenvalue weighted by Crippen LogP contribution is 2.26. The summed E-state index contributed by atoms with van der Waals surface area (Å²) in [6, 6.07) is 0. The number of aryl methyl sites for hydroxylation is 1. The summed E-state index contributed by atoms with van der Waals surface area (Å²) >= 11 is 0. The molecule has 0 fully saturated rings. The first kappa shape index (κ1) is 10.4. The van der Waals surface area contributed by atoms with Gasteiger partial charge in [0.2, 0.25) is 0 Å². The van der Waals surface area contributed by atoms with Crippen molar-refractivity contribution < 1.29 is 5.11 Å². The van der Waals surface area contributed by atoms with Crippen LogP contribution in [0.3, 0.4) is 0 Å². The molecular weight excluding hydrogens is 190 g/mol. The number of nitrogens with zero attached hydrogens (tertiary/aromatic N) is 2. The van der Waals surface area contributed by atoms with Crippen molar-refractivity contribution in [2.24, 2.45) is 0 Å². The van der Waals surface area contributed by atoms with Crippen LogP contribution in [-0.4, -0.2) is 27.2 Å². The van der Waals surface area contributed by atoms with Gasteiger partial charge >= 0.3 is 0 Å². The Morgan fingerprint density at radius 3 is 2.93 bits per heavy atom. The molecule has 4 heteroatoms. The smallest absolute Gasteiger partial charge is 0.133 e. The van der Waals surface area contributed by atoms with E-state index in [9.17, 15) is 5.11 Å². The highest BCUT2D eigenvalue weighted by molar-refractivity contribution is 5.49. The Morgan fingerprint density at radius 2 is 2.20 bits per heavy atom. The third-order valence-corrected chi connectivity index (χ3v) is 2.73. The molecule has 15 heavy (non-hydrogen) atoms. The SMILES string of the molecule is CC(C)(CO)Nc1ncnc2c1CCC2. The number of aromatic nitrogens is 2. The predicted octanol–water partition coefficient (Wildman–Crippen LogP) is 1.15. The fourth-order valence-corrected chi connectivity index (χ4v) is 1.83. The first-order valence-corrected chi connectivity index (χ1v) is 5.34. The van der Waals surface area contributed by atoms with Crippen LogP contribution < -0.4 is 5.32 Å². The first-order valence-electron chi connectivity index (χ1n) is 5.34. The van der Waals surface area contributed by atoms with Gasteiger partial charge in [0, 0.05) is 11.3 Å². The van der Waals surface area contributed by atoms with Crippen molar-refractivity contribution in [3.05, 3.63) is 17.6 Å². The second-order valence-electron chi connectivity index (χ2n) is 4.67. The molecule has 0 saturated carbocycles. The normalized spacial score (nSPS) is 15.1. The molecule has 1 aliphatic carbocycles. The molecule has 0 atom stereocenters. The van der Waals surface area contributed by atoms with Crippen LogP contribution in [0.4, 0.5) is 5.82 Å². The van der Waals surface area contributed by atoms with E-state index in [2.05, 4.69) is 15.3 Å². The summed E-state index contributed by atoms with van der Waals surface area (Å²) in [6.07, 6.45) is 4.84. The lowest BCUT2D eigenvalue weighted by Gasteiger charge is -2.25. The van der Waals surface area contributed by atoms with Crippen molar-refractivity contribution in [3.63, 3.8) is 0 Å². The monoisotopic (exact) mass is 207 g/mol. The van der Waals surface area contributed by atoms with E-state index in [4.69, 9.17) is 0 Å². The van der Waals surface area contributed by atoms with Crippen LogP contribution >= 0.6 is 0 Å². The number of hydrogen-bond donors (Lipinski definition) is 2. The van der Waals surface area contributed by atoms with E-state index in [0.717, 1.165) is 30.8 Å². The highest BCUT2D eigenvalue weighted by Gasteiger charge is 2.22. The van der Waals surface area contributed by atoms with Gasteiger partial charge in [0.15, 0.2) is 0 Å². The molecule has 0 unspecified atom stereocenters. The zero-order valence-electron chi connectivity index (χ0n) is 9.25. The Kier molecular flexibility index (Phi) is 2.61. The van der Waals surface area contributed by atoms with Gasteiger partial charge in [-0.2, -0.15) is 0 Å². The maximum absolute atomic E-state index is 9.20.